The minimum Gasteiger partial charge on any atom is -0.437 e. The van der Waals surface area contributed by atoms with Crippen LogP contribution in [0.3, 0.4) is 0 Å². The van der Waals surface area contributed by atoms with E-state index < -0.39 is 44.5 Å². The van der Waals surface area contributed by atoms with Crippen molar-refractivity contribution in [3.8, 4) is 0 Å². The fraction of sp³-hybridized carbons (Fsp3) is 0.118. The predicted octanol–water partition coefficient (Wildman–Crippen LogP) is 4.49. The van der Waals surface area contributed by atoms with E-state index in [0.717, 1.165) is 6.08 Å². The van der Waals surface area contributed by atoms with Gasteiger partial charge in [-0.05, 0) is 24.3 Å². The molecule has 3 aromatic rings. The van der Waals surface area contributed by atoms with Gasteiger partial charge in [-0.15, -0.1) is 0 Å². The van der Waals surface area contributed by atoms with Gasteiger partial charge < -0.3 is 4.42 Å². The number of hydrogen-bond acceptors (Lipinski definition) is 4. The van der Waals surface area contributed by atoms with Crippen LogP contribution in [0.25, 0.3) is 23.3 Å². The molecule has 0 amide bonds. The molecule has 0 bridgehead atoms. The topological polar surface area (TPSA) is 60.2 Å². The van der Waals surface area contributed by atoms with E-state index in [-0.39, 0.29) is 27.6 Å². The summed E-state index contributed by atoms with van der Waals surface area (Å²) in [6, 6.07) is 3.91. The number of halogens is 5. The summed E-state index contributed by atoms with van der Waals surface area (Å²) in [5.74, 6) is -10.7. The van der Waals surface area contributed by atoms with Crippen LogP contribution in [0.5, 0.6) is 0 Å². The van der Waals surface area contributed by atoms with Crippen molar-refractivity contribution in [3.05, 3.63) is 58.7 Å². The van der Waals surface area contributed by atoms with Gasteiger partial charge in [-0.1, -0.05) is 6.92 Å². The molecule has 0 aliphatic heterocycles. The van der Waals surface area contributed by atoms with Crippen LogP contribution < -0.4 is 0 Å². The molecule has 0 spiro atoms. The van der Waals surface area contributed by atoms with Gasteiger partial charge in [-0.2, -0.15) is 0 Å². The second-order valence-corrected chi connectivity index (χ2v) is 7.68. The summed E-state index contributed by atoms with van der Waals surface area (Å²) in [7, 11) is -3.48. The highest BCUT2D eigenvalue weighted by Gasteiger charge is 2.24. The molecule has 4 nitrogen and oxygen atoms in total. The second-order valence-electron chi connectivity index (χ2n) is 5.40. The van der Waals surface area contributed by atoms with Crippen molar-refractivity contribution in [1.29, 1.82) is 0 Å². The van der Waals surface area contributed by atoms with Crippen LogP contribution in [0.2, 0.25) is 0 Å². The molecule has 0 unspecified atom stereocenters. The molecule has 0 N–H and O–H groups in total. The van der Waals surface area contributed by atoms with E-state index >= 15 is 0 Å². The summed E-state index contributed by atoms with van der Waals surface area (Å²) in [5, 5.41) is 0. The first kappa shape index (κ1) is 19.0. The van der Waals surface area contributed by atoms with Gasteiger partial charge >= 0.3 is 0 Å². The van der Waals surface area contributed by atoms with E-state index in [0.29, 0.717) is 6.08 Å². The van der Waals surface area contributed by atoms with Crippen molar-refractivity contribution >= 4 is 33.1 Å². The normalized spacial score (nSPS) is 12.4. The van der Waals surface area contributed by atoms with Crippen LogP contribution in [0.15, 0.2) is 27.5 Å². The van der Waals surface area contributed by atoms with Crippen LogP contribution in [-0.2, 0) is 9.84 Å². The monoisotopic (exact) mass is 403 g/mol. The van der Waals surface area contributed by atoms with E-state index in [4.69, 9.17) is 4.42 Å². The van der Waals surface area contributed by atoms with Crippen molar-refractivity contribution in [2.24, 2.45) is 0 Å². The summed E-state index contributed by atoms with van der Waals surface area (Å²) >= 11 is 0. The Hall–Kier alpha value is -2.75. The Bertz CT molecular complexity index is 1160. The molecular formula is C17H10F5NO3S. The number of sulfone groups is 1. The predicted molar refractivity (Wildman–Crippen MR) is 86.9 cm³/mol. The first-order valence-corrected chi connectivity index (χ1v) is 9.13. The Labute approximate surface area is 149 Å². The summed E-state index contributed by atoms with van der Waals surface area (Å²) in [5.41, 5.74) is -0.813. The second kappa shape index (κ2) is 6.76. The number of rotatable bonds is 4. The summed E-state index contributed by atoms with van der Waals surface area (Å²) < 4.78 is 95.7. The lowest BCUT2D eigenvalue weighted by Gasteiger charge is -2.03. The van der Waals surface area contributed by atoms with E-state index in [9.17, 15) is 30.4 Å². The maximum Gasteiger partial charge on any atom is 0.220 e. The third-order valence-electron chi connectivity index (χ3n) is 3.75. The van der Waals surface area contributed by atoms with Crippen LogP contribution in [0.1, 0.15) is 18.4 Å². The molecule has 0 atom stereocenters. The lowest BCUT2D eigenvalue weighted by molar-refractivity contribution is 0.377. The molecule has 0 aliphatic carbocycles. The molecule has 27 heavy (non-hydrogen) atoms. The average molecular weight is 403 g/mol. The van der Waals surface area contributed by atoms with Gasteiger partial charge in [0.05, 0.1) is 16.2 Å². The number of aromatic nitrogens is 1. The Kier molecular flexibility index (Phi) is 4.77. The van der Waals surface area contributed by atoms with Gasteiger partial charge in [0.2, 0.25) is 11.7 Å². The Morgan fingerprint density at radius 1 is 0.963 bits per heavy atom. The number of hydrogen-bond donors (Lipinski definition) is 0. The highest BCUT2D eigenvalue weighted by atomic mass is 32.2. The molecule has 10 heteroatoms. The van der Waals surface area contributed by atoms with Gasteiger partial charge in [0, 0.05) is 6.08 Å². The molecule has 2 aromatic carbocycles. The van der Waals surface area contributed by atoms with Crippen molar-refractivity contribution in [3.63, 3.8) is 0 Å². The maximum absolute atomic E-state index is 13.6. The van der Waals surface area contributed by atoms with Crippen molar-refractivity contribution in [2.75, 3.05) is 5.75 Å². The van der Waals surface area contributed by atoms with Gasteiger partial charge in [-0.3, -0.25) is 0 Å². The summed E-state index contributed by atoms with van der Waals surface area (Å²) in [6.45, 7) is 1.47. The number of fused-ring (bicyclic) bond motifs is 1. The fourth-order valence-electron chi connectivity index (χ4n) is 2.28. The van der Waals surface area contributed by atoms with Crippen molar-refractivity contribution in [1.82, 2.24) is 4.98 Å². The smallest absolute Gasteiger partial charge is 0.220 e. The Morgan fingerprint density at radius 2 is 1.56 bits per heavy atom. The zero-order valence-corrected chi connectivity index (χ0v) is 14.4. The molecule has 1 heterocycles. The summed E-state index contributed by atoms with van der Waals surface area (Å²) in [6.07, 6.45) is 1.54. The van der Waals surface area contributed by atoms with E-state index in [1.807, 2.05) is 0 Å². The van der Waals surface area contributed by atoms with Gasteiger partial charge in [0.1, 0.15) is 5.52 Å². The molecular weight excluding hydrogens is 393 g/mol. The largest absolute Gasteiger partial charge is 0.437 e. The third-order valence-corrected chi connectivity index (χ3v) is 5.48. The van der Waals surface area contributed by atoms with Gasteiger partial charge in [-0.25, -0.2) is 35.4 Å². The molecule has 0 saturated heterocycles. The van der Waals surface area contributed by atoms with Crippen LogP contribution >= 0.6 is 0 Å². The van der Waals surface area contributed by atoms with Gasteiger partial charge in [0.15, 0.2) is 38.7 Å². The molecule has 0 aliphatic rings. The lowest BCUT2D eigenvalue weighted by Crippen LogP contribution is -2.03. The van der Waals surface area contributed by atoms with Crippen LogP contribution in [-0.4, -0.2) is 19.2 Å². The Morgan fingerprint density at radius 3 is 2.15 bits per heavy atom. The lowest BCUT2D eigenvalue weighted by atomic mass is 10.1. The quantitative estimate of drug-likeness (QED) is 0.366. The minimum absolute atomic E-state index is 0.0149. The zero-order chi connectivity index (χ0) is 19.9. The van der Waals surface area contributed by atoms with Crippen LogP contribution in [0, 0.1) is 29.1 Å². The zero-order valence-electron chi connectivity index (χ0n) is 13.6. The van der Waals surface area contributed by atoms with E-state index in [2.05, 4.69) is 4.98 Å². The molecule has 0 saturated carbocycles. The maximum atomic E-state index is 13.6. The SMILES string of the molecule is CCS(=O)(=O)c1ccc2oc(/C=C/c3c(F)c(F)c(F)c(F)c3F)nc2c1. The minimum atomic E-state index is -3.48. The molecule has 142 valence electrons. The first-order valence-electron chi connectivity index (χ1n) is 7.48. The molecule has 0 radical (unpaired) electrons. The number of nitrogens with zero attached hydrogens (tertiary/aromatic N) is 1. The highest BCUT2D eigenvalue weighted by Crippen LogP contribution is 2.26. The summed E-state index contributed by atoms with van der Waals surface area (Å²) in [4.78, 5) is 3.95. The molecule has 0 fully saturated rings. The first-order chi connectivity index (χ1) is 12.7. The van der Waals surface area contributed by atoms with Gasteiger partial charge in [0.25, 0.3) is 0 Å². The third kappa shape index (κ3) is 3.32. The molecule has 1 aromatic heterocycles. The van der Waals surface area contributed by atoms with Crippen LogP contribution in [0.4, 0.5) is 22.0 Å². The Balaban J connectivity index is 2.03. The van der Waals surface area contributed by atoms with E-state index in [1.165, 1.54) is 25.1 Å². The molecule has 3 rings (SSSR count). The average Bonchev–Trinajstić information content (AvgIpc) is 3.06. The highest BCUT2D eigenvalue weighted by molar-refractivity contribution is 7.91. The van der Waals surface area contributed by atoms with Crippen molar-refractivity contribution < 1.29 is 34.8 Å². The number of benzene rings is 2. The fourth-order valence-corrected chi connectivity index (χ4v) is 3.18. The van der Waals surface area contributed by atoms with Crippen molar-refractivity contribution in [2.45, 2.75) is 11.8 Å². The standard InChI is InChI=1S/C17H10F5NO3S/c1-2-27(24,25)8-3-5-11-10(7-8)23-12(26-11)6-4-9-13(18)15(20)17(22)16(21)14(9)19/h3-7H,2H2,1H3/b6-4+. The number of oxazole rings is 1. The van der Waals surface area contributed by atoms with E-state index in [1.54, 1.807) is 0 Å².